The van der Waals surface area contributed by atoms with Crippen LogP contribution in [0.4, 0.5) is 13.2 Å². The molecule has 0 aliphatic carbocycles. The van der Waals surface area contributed by atoms with Crippen molar-refractivity contribution < 1.29 is 27.8 Å². The summed E-state index contributed by atoms with van der Waals surface area (Å²) in [6.45, 7) is 1.76. The van der Waals surface area contributed by atoms with Gasteiger partial charge in [-0.2, -0.15) is 13.2 Å². The topological polar surface area (TPSA) is 59.4 Å². The van der Waals surface area contributed by atoms with Gasteiger partial charge < -0.3 is 9.84 Å². The van der Waals surface area contributed by atoms with Crippen LogP contribution in [0, 0.1) is 0 Å². The minimum Gasteiger partial charge on any atom is -0.479 e. The number of carbonyl (C=O) groups is 1. The third-order valence-corrected chi connectivity index (χ3v) is 7.23. The van der Waals surface area contributed by atoms with Crippen molar-refractivity contribution in [1.29, 1.82) is 0 Å². The third-order valence-electron chi connectivity index (χ3n) is 5.06. The van der Waals surface area contributed by atoms with Crippen molar-refractivity contribution in [2.75, 3.05) is 0 Å². The van der Waals surface area contributed by atoms with E-state index in [1.165, 1.54) is 23.5 Å². The van der Waals surface area contributed by atoms with E-state index >= 15 is 0 Å². The Bertz CT molecular complexity index is 1290. The summed E-state index contributed by atoms with van der Waals surface area (Å²) in [5.74, 6) is 0.230. The van der Waals surface area contributed by atoms with E-state index in [1.54, 1.807) is 30.8 Å². The standard InChI is InChI=1S/C25H20F3NO3S2/c1-2-21(24(30)31)32-18-8-10-19(11-9-18)33-14-15-3-12-22-20(13-15)29-23(34-22)16-4-6-17(7-5-16)25(26,27)28/h3-13,21H,2,14H2,1H3,(H,30,31). The number of aliphatic carboxylic acids is 1. The fourth-order valence-electron chi connectivity index (χ4n) is 3.24. The van der Waals surface area contributed by atoms with E-state index in [-0.39, 0.29) is 0 Å². The molecule has 4 nitrogen and oxygen atoms in total. The zero-order valence-corrected chi connectivity index (χ0v) is 19.6. The van der Waals surface area contributed by atoms with Crippen LogP contribution in [0.1, 0.15) is 24.5 Å². The van der Waals surface area contributed by atoms with Crippen LogP contribution in [-0.4, -0.2) is 22.2 Å². The number of alkyl halides is 3. The summed E-state index contributed by atoms with van der Waals surface area (Å²) in [4.78, 5) is 16.7. The molecule has 9 heteroatoms. The number of carboxylic acid groups (broad SMARTS) is 1. The monoisotopic (exact) mass is 503 g/mol. The molecule has 0 radical (unpaired) electrons. The predicted octanol–water partition coefficient (Wildman–Crippen LogP) is 7.52. The van der Waals surface area contributed by atoms with Crippen LogP contribution in [0.3, 0.4) is 0 Å². The molecule has 0 fully saturated rings. The van der Waals surface area contributed by atoms with Gasteiger partial charge in [0.05, 0.1) is 15.8 Å². The first kappa shape index (κ1) is 24.1. The number of hydrogen-bond acceptors (Lipinski definition) is 5. The Labute approximate surface area is 202 Å². The number of carboxylic acids is 1. The fourth-order valence-corrected chi connectivity index (χ4v) is 5.03. The highest BCUT2D eigenvalue weighted by Gasteiger charge is 2.30. The number of aromatic nitrogens is 1. The number of nitrogens with zero attached hydrogens (tertiary/aromatic N) is 1. The van der Waals surface area contributed by atoms with E-state index in [1.807, 2.05) is 30.3 Å². The van der Waals surface area contributed by atoms with Gasteiger partial charge in [-0.3, -0.25) is 0 Å². The lowest BCUT2D eigenvalue weighted by atomic mass is 10.1. The normalized spacial score (nSPS) is 12.6. The minimum atomic E-state index is -4.36. The first-order valence-corrected chi connectivity index (χ1v) is 12.2. The van der Waals surface area contributed by atoms with Crippen molar-refractivity contribution in [1.82, 2.24) is 4.98 Å². The maximum atomic E-state index is 12.8. The lowest BCUT2D eigenvalue weighted by Crippen LogP contribution is -2.25. The highest BCUT2D eigenvalue weighted by molar-refractivity contribution is 7.98. The van der Waals surface area contributed by atoms with Gasteiger partial charge in [0.25, 0.3) is 0 Å². The van der Waals surface area contributed by atoms with Crippen molar-refractivity contribution in [2.45, 2.75) is 36.3 Å². The van der Waals surface area contributed by atoms with Gasteiger partial charge in [-0.25, -0.2) is 9.78 Å². The Morgan fingerprint density at radius 1 is 1.09 bits per heavy atom. The number of benzene rings is 3. The van der Waals surface area contributed by atoms with Crippen LogP contribution in [-0.2, 0) is 16.7 Å². The van der Waals surface area contributed by atoms with E-state index in [9.17, 15) is 18.0 Å². The molecule has 0 bridgehead atoms. The molecule has 1 aromatic heterocycles. The Balaban J connectivity index is 1.42. The van der Waals surface area contributed by atoms with Gasteiger partial charge in [0.2, 0.25) is 0 Å². The summed E-state index contributed by atoms with van der Waals surface area (Å²) in [6, 6.07) is 18.3. The van der Waals surface area contributed by atoms with Gasteiger partial charge in [-0.15, -0.1) is 23.1 Å². The summed E-state index contributed by atoms with van der Waals surface area (Å²) < 4.78 is 44.8. The number of thiazole rings is 1. The summed E-state index contributed by atoms with van der Waals surface area (Å²) in [5.41, 5.74) is 1.85. The second-order valence-corrected chi connectivity index (χ2v) is 9.59. The van der Waals surface area contributed by atoms with Crippen LogP contribution in [0.2, 0.25) is 0 Å². The van der Waals surface area contributed by atoms with E-state index < -0.39 is 23.8 Å². The molecule has 176 valence electrons. The number of fused-ring (bicyclic) bond motifs is 1. The van der Waals surface area contributed by atoms with E-state index in [4.69, 9.17) is 9.84 Å². The van der Waals surface area contributed by atoms with Gasteiger partial charge in [0, 0.05) is 16.2 Å². The fraction of sp³-hybridized carbons (Fsp3) is 0.200. The number of hydrogen-bond donors (Lipinski definition) is 1. The first-order chi connectivity index (χ1) is 16.2. The molecule has 0 aliphatic heterocycles. The Kier molecular flexibility index (Phi) is 7.13. The van der Waals surface area contributed by atoms with E-state index in [0.29, 0.717) is 28.5 Å². The zero-order valence-electron chi connectivity index (χ0n) is 18.0. The molecule has 1 N–H and O–H groups in total. The third kappa shape index (κ3) is 5.71. The first-order valence-electron chi connectivity index (χ1n) is 10.4. The maximum Gasteiger partial charge on any atom is 0.416 e. The van der Waals surface area contributed by atoms with Crippen LogP contribution >= 0.6 is 23.1 Å². The number of ether oxygens (including phenoxy) is 1. The molecule has 4 rings (SSSR count). The molecule has 0 aliphatic rings. The lowest BCUT2D eigenvalue weighted by molar-refractivity contribution is -0.145. The molecular weight excluding hydrogens is 483 g/mol. The Morgan fingerprint density at radius 2 is 1.79 bits per heavy atom. The van der Waals surface area contributed by atoms with Crippen LogP contribution in [0.5, 0.6) is 5.75 Å². The SMILES string of the molecule is CCC(Oc1ccc(SCc2ccc3sc(-c4ccc(C(F)(F)F)cc4)nc3c2)cc1)C(=O)O. The molecule has 1 atom stereocenters. The van der Waals surface area contributed by atoms with Gasteiger partial charge in [0.1, 0.15) is 10.8 Å². The molecule has 0 amide bonds. The van der Waals surface area contributed by atoms with Gasteiger partial charge >= 0.3 is 12.1 Å². The van der Waals surface area contributed by atoms with Gasteiger partial charge in [-0.05, 0) is 60.5 Å². The molecule has 0 spiro atoms. The van der Waals surface area contributed by atoms with Gasteiger partial charge in [0.15, 0.2) is 6.10 Å². The maximum absolute atomic E-state index is 12.8. The van der Waals surface area contributed by atoms with Crippen LogP contribution in [0.25, 0.3) is 20.8 Å². The molecule has 0 saturated heterocycles. The molecule has 34 heavy (non-hydrogen) atoms. The van der Waals surface area contributed by atoms with Crippen molar-refractivity contribution in [2.24, 2.45) is 0 Å². The predicted molar refractivity (Wildman–Crippen MR) is 128 cm³/mol. The average molecular weight is 504 g/mol. The van der Waals surface area contributed by atoms with Crippen LogP contribution < -0.4 is 4.74 Å². The number of halogens is 3. The Hall–Kier alpha value is -3.04. The smallest absolute Gasteiger partial charge is 0.416 e. The van der Waals surface area contributed by atoms with Gasteiger partial charge in [-0.1, -0.05) is 25.1 Å². The van der Waals surface area contributed by atoms with Crippen molar-refractivity contribution in [3.05, 3.63) is 77.9 Å². The Morgan fingerprint density at radius 3 is 2.41 bits per heavy atom. The molecule has 4 aromatic rings. The second kappa shape index (κ2) is 10.1. The number of rotatable bonds is 8. The molecule has 1 unspecified atom stereocenters. The highest BCUT2D eigenvalue weighted by Crippen LogP contribution is 2.35. The summed E-state index contributed by atoms with van der Waals surface area (Å²) in [5, 5.41) is 9.78. The van der Waals surface area contributed by atoms with Crippen LogP contribution in [0.15, 0.2) is 71.6 Å². The zero-order chi connectivity index (χ0) is 24.3. The minimum absolute atomic E-state index is 0.380. The summed E-state index contributed by atoms with van der Waals surface area (Å²) in [6.07, 6.45) is -4.84. The lowest BCUT2D eigenvalue weighted by Gasteiger charge is -2.13. The van der Waals surface area contributed by atoms with Crippen molar-refractivity contribution in [3.63, 3.8) is 0 Å². The number of thioether (sulfide) groups is 1. The highest BCUT2D eigenvalue weighted by atomic mass is 32.2. The second-order valence-electron chi connectivity index (χ2n) is 7.51. The summed E-state index contributed by atoms with van der Waals surface area (Å²) >= 11 is 3.07. The van der Waals surface area contributed by atoms with E-state index in [2.05, 4.69) is 4.98 Å². The largest absolute Gasteiger partial charge is 0.479 e. The average Bonchev–Trinajstić information content (AvgIpc) is 3.25. The van der Waals surface area contributed by atoms with E-state index in [0.717, 1.165) is 32.8 Å². The van der Waals surface area contributed by atoms with Crippen molar-refractivity contribution >= 4 is 39.3 Å². The molecule has 1 heterocycles. The molecule has 3 aromatic carbocycles. The molecule has 0 saturated carbocycles. The van der Waals surface area contributed by atoms with Crippen molar-refractivity contribution in [3.8, 4) is 16.3 Å². The summed E-state index contributed by atoms with van der Waals surface area (Å²) in [7, 11) is 0. The molecular formula is C25H20F3NO3S2. The quantitative estimate of drug-likeness (QED) is 0.252.